The Bertz CT molecular complexity index is 392. The van der Waals surface area contributed by atoms with Crippen LogP contribution in [-0.2, 0) is 11.2 Å². The van der Waals surface area contributed by atoms with Gasteiger partial charge in [-0.05, 0) is 68.2 Å². The summed E-state index contributed by atoms with van der Waals surface area (Å²) < 4.78 is 5.47. The second kappa shape index (κ2) is 6.53. The zero-order valence-electron chi connectivity index (χ0n) is 11.7. The van der Waals surface area contributed by atoms with E-state index in [0.29, 0.717) is 0 Å². The molecule has 0 unspecified atom stereocenters. The van der Waals surface area contributed by atoms with E-state index in [1.165, 1.54) is 56.3 Å². The van der Waals surface area contributed by atoms with Gasteiger partial charge in [0.25, 0.3) is 0 Å². The molecule has 2 nitrogen and oxygen atoms in total. The minimum atomic E-state index is 0.724. The number of hydrogen-bond acceptors (Lipinski definition) is 2. The Morgan fingerprint density at radius 1 is 1.05 bits per heavy atom. The van der Waals surface area contributed by atoms with Crippen LogP contribution in [0, 0.1) is 5.92 Å². The Morgan fingerprint density at radius 2 is 1.84 bits per heavy atom. The number of ether oxygens (including phenoxy) is 1. The van der Waals surface area contributed by atoms with Crippen LogP contribution in [0.15, 0.2) is 24.3 Å². The fourth-order valence-corrected chi connectivity index (χ4v) is 3.42. The molecule has 0 amide bonds. The number of nitrogens with one attached hydrogen (secondary N) is 1. The molecule has 1 N–H and O–H groups in total. The predicted molar refractivity (Wildman–Crippen MR) is 78.5 cm³/mol. The van der Waals surface area contributed by atoms with Crippen LogP contribution < -0.4 is 5.32 Å². The Labute approximate surface area is 116 Å². The van der Waals surface area contributed by atoms with Crippen molar-refractivity contribution >= 4 is 0 Å². The molecule has 0 saturated carbocycles. The van der Waals surface area contributed by atoms with E-state index in [2.05, 4.69) is 29.6 Å². The van der Waals surface area contributed by atoms with Crippen LogP contribution in [0.1, 0.15) is 42.7 Å². The topological polar surface area (TPSA) is 21.3 Å². The van der Waals surface area contributed by atoms with Crippen molar-refractivity contribution in [2.45, 2.75) is 38.0 Å². The van der Waals surface area contributed by atoms with E-state index in [1.807, 2.05) is 0 Å². The molecular weight excluding hydrogens is 234 g/mol. The summed E-state index contributed by atoms with van der Waals surface area (Å²) in [6, 6.07) is 9.33. The first-order valence-corrected chi connectivity index (χ1v) is 7.79. The third-order valence-corrected chi connectivity index (χ3v) is 4.63. The highest BCUT2D eigenvalue weighted by Gasteiger charge is 2.17. The first-order chi connectivity index (χ1) is 9.42. The summed E-state index contributed by atoms with van der Waals surface area (Å²) in [6.45, 7) is 4.26. The maximum atomic E-state index is 5.47. The average Bonchev–Trinajstić information content (AvgIpc) is 2.49. The predicted octanol–water partition coefficient (Wildman–Crippen LogP) is 3.12. The van der Waals surface area contributed by atoms with Crippen LogP contribution in [0.2, 0.25) is 0 Å². The molecule has 3 rings (SSSR count). The third kappa shape index (κ3) is 3.58. The lowest BCUT2D eigenvalue weighted by atomic mass is 9.87. The molecule has 19 heavy (non-hydrogen) atoms. The molecule has 1 aromatic rings. The van der Waals surface area contributed by atoms with Gasteiger partial charge in [0.15, 0.2) is 0 Å². The number of benzene rings is 1. The lowest BCUT2D eigenvalue weighted by Gasteiger charge is -2.25. The van der Waals surface area contributed by atoms with E-state index in [0.717, 1.165) is 25.0 Å². The van der Waals surface area contributed by atoms with Gasteiger partial charge in [-0.2, -0.15) is 0 Å². The van der Waals surface area contributed by atoms with Crippen LogP contribution in [0.25, 0.3) is 0 Å². The third-order valence-electron chi connectivity index (χ3n) is 4.63. The highest BCUT2D eigenvalue weighted by molar-refractivity contribution is 5.27. The first kappa shape index (κ1) is 13.1. The van der Waals surface area contributed by atoms with E-state index >= 15 is 0 Å². The fourth-order valence-electron chi connectivity index (χ4n) is 3.42. The summed E-state index contributed by atoms with van der Waals surface area (Å²) in [6.07, 6.45) is 6.31. The molecule has 0 radical (unpaired) electrons. The van der Waals surface area contributed by atoms with Gasteiger partial charge in [0, 0.05) is 13.2 Å². The monoisotopic (exact) mass is 259 g/mol. The van der Waals surface area contributed by atoms with Crippen molar-refractivity contribution in [3.63, 3.8) is 0 Å². The van der Waals surface area contributed by atoms with E-state index in [-0.39, 0.29) is 0 Å². The number of piperidine rings is 1. The summed E-state index contributed by atoms with van der Waals surface area (Å²) in [5, 5.41) is 3.45. The Kier molecular flexibility index (Phi) is 4.52. The molecule has 0 bridgehead atoms. The second-order valence-electron chi connectivity index (χ2n) is 6.03. The lowest BCUT2D eigenvalue weighted by molar-refractivity contribution is 0.0853. The van der Waals surface area contributed by atoms with Crippen molar-refractivity contribution in [3.05, 3.63) is 35.4 Å². The molecule has 0 atom stereocenters. The van der Waals surface area contributed by atoms with Gasteiger partial charge in [0.1, 0.15) is 0 Å². The molecule has 2 aliphatic heterocycles. The quantitative estimate of drug-likeness (QED) is 0.900. The molecule has 2 fully saturated rings. The SMILES string of the molecule is c1cc(CC2CCNCC2)cc(C2CCOCC2)c1. The van der Waals surface area contributed by atoms with Gasteiger partial charge in [-0.25, -0.2) is 0 Å². The van der Waals surface area contributed by atoms with E-state index in [1.54, 1.807) is 0 Å². The molecule has 0 aliphatic carbocycles. The summed E-state index contributed by atoms with van der Waals surface area (Å²) >= 11 is 0. The van der Waals surface area contributed by atoms with Crippen molar-refractivity contribution in [3.8, 4) is 0 Å². The summed E-state index contributed by atoms with van der Waals surface area (Å²) in [5.41, 5.74) is 3.07. The Balaban J connectivity index is 1.64. The maximum Gasteiger partial charge on any atom is 0.0471 e. The maximum absolute atomic E-state index is 5.47. The van der Waals surface area contributed by atoms with E-state index < -0.39 is 0 Å². The minimum absolute atomic E-state index is 0.724. The van der Waals surface area contributed by atoms with Crippen molar-refractivity contribution in [2.75, 3.05) is 26.3 Å². The minimum Gasteiger partial charge on any atom is -0.381 e. The second-order valence-corrected chi connectivity index (χ2v) is 6.03. The summed E-state index contributed by atoms with van der Waals surface area (Å²) in [7, 11) is 0. The molecule has 2 heterocycles. The van der Waals surface area contributed by atoms with Gasteiger partial charge in [0.2, 0.25) is 0 Å². The van der Waals surface area contributed by atoms with Crippen LogP contribution in [0.5, 0.6) is 0 Å². The zero-order chi connectivity index (χ0) is 12.9. The van der Waals surface area contributed by atoms with Crippen LogP contribution >= 0.6 is 0 Å². The van der Waals surface area contributed by atoms with Gasteiger partial charge >= 0.3 is 0 Å². The standard InChI is InChI=1S/C17H25NO/c1-2-15(12-14-4-8-18-9-5-14)13-17(3-1)16-6-10-19-11-7-16/h1-3,13-14,16,18H,4-12H2. The molecular formula is C17H25NO. The average molecular weight is 259 g/mol. The van der Waals surface area contributed by atoms with Crippen LogP contribution in [-0.4, -0.2) is 26.3 Å². The lowest BCUT2D eigenvalue weighted by Crippen LogP contribution is -2.28. The fraction of sp³-hybridized carbons (Fsp3) is 0.647. The first-order valence-electron chi connectivity index (χ1n) is 7.79. The van der Waals surface area contributed by atoms with Crippen molar-refractivity contribution < 1.29 is 4.74 Å². The Morgan fingerprint density at radius 3 is 2.63 bits per heavy atom. The number of rotatable bonds is 3. The van der Waals surface area contributed by atoms with Gasteiger partial charge < -0.3 is 10.1 Å². The van der Waals surface area contributed by atoms with Crippen LogP contribution in [0.3, 0.4) is 0 Å². The molecule has 2 heteroatoms. The van der Waals surface area contributed by atoms with Gasteiger partial charge in [0.05, 0.1) is 0 Å². The highest BCUT2D eigenvalue weighted by Crippen LogP contribution is 2.28. The zero-order valence-corrected chi connectivity index (χ0v) is 11.7. The van der Waals surface area contributed by atoms with Crippen LogP contribution in [0.4, 0.5) is 0 Å². The van der Waals surface area contributed by atoms with Gasteiger partial charge in [-0.15, -0.1) is 0 Å². The summed E-state index contributed by atoms with van der Waals surface area (Å²) in [4.78, 5) is 0. The Hall–Kier alpha value is -0.860. The van der Waals surface area contributed by atoms with Crippen molar-refractivity contribution in [2.24, 2.45) is 5.92 Å². The number of hydrogen-bond donors (Lipinski definition) is 1. The van der Waals surface area contributed by atoms with Crippen molar-refractivity contribution in [1.82, 2.24) is 5.32 Å². The molecule has 2 aliphatic rings. The summed E-state index contributed by atoms with van der Waals surface area (Å²) in [5.74, 6) is 1.60. The molecule has 0 aromatic heterocycles. The molecule has 104 valence electrons. The van der Waals surface area contributed by atoms with Crippen molar-refractivity contribution in [1.29, 1.82) is 0 Å². The largest absolute Gasteiger partial charge is 0.381 e. The normalized spacial score (nSPS) is 22.5. The van der Waals surface area contributed by atoms with Gasteiger partial charge in [-0.3, -0.25) is 0 Å². The molecule has 0 spiro atoms. The van der Waals surface area contributed by atoms with E-state index in [9.17, 15) is 0 Å². The molecule has 2 saturated heterocycles. The highest BCUT2D eigenvalue weighted by atomic mass is 16.5. The van der Waals surface area contributed by atoms with Gasteiger partial charge in [-0.1, -0.05) is 24.3 Å². The van der Waals surface area contributed by atoms with E-state index in [4.69, 9.17) is 4.74 Å². The smallest absolute Gasteiger partial charge is 0.0471 e. The molecule has 1 aromatic carbocycles.